The highest BCUT2D eigenvalue weighted by molar-refractivity contribution is 7.92. The van der Waals surface area contributed by atoms with Crippen molar-refractivity contribution >= 4 is 39.1 Å². The average Bonchev–Trinajstić information content (AvgIpc) is 3.32. The fourth-order valence-electron chi connectivity index (χ4n) is 3.58. The number of ether oxygens (including phenoxy) is 2. The van der Waals surface area contributed by atoms with Gasteiger partial charge in [-0.2, -0.15) is 0 Å². The molecule has 0 radical (unpaired) electrons. The lowest BCUT2D eigenvalue weighted by Crippen LogP contribution is -2.18. The van der Waals surface area contributed by atoms with Crippen molar-refractivity contribution < 1.29 is 26.7 Å². The van der Waals surface area contributed by atoms with Gasteiger partial charge in [0.05, 0.1) is 28.8 Å². The van der Waals surface area contributed by atoms with Crippen LogP contribution < -0.4 is 0 Å². The lowest BCUT2D eigenvalue weighted by Gasteiger charge is -2.21. The summed E-state index contributed by atoms with van der Waals surface area (Å²) in [6, 6.07) is 9.52. The van der Waals surface area contributed by atoms with Crippen LogP contribution in [0.4, 0.5) is 8.78 Å². The highest BCUT2D eigenvalue weighted by Gasteiger charge is 2.35. The van der Waals surface area contributed by atoms with Crippen molar-refractivity contribution in [1.82, 2.24) is 4.98 Å². The van der Waals surface area contributed by atoms with Crippen molar-refractivity contribution in [2.24, 2.45) is 0 Å². The molecule has 1 fully saturated rings. The maximum absolute atomic E-state index is 14.9. The van der Waals surface area contributed by atoms with E-state index in [0.717, 1.165) is 18.2 Å². The highest BCUT2D eigenvalue weighted by Crippen LogP contribution is 2.40. The van der Waals surface area contributed by atoms with Gasteiger partial charge in [-0.3, -0.25) is 4.98 Å². The van der Waals surface area contributed by atoms with Crippen LogP contribution in [0.1, 0.15) is 28.5 Å². The molecule has 178 valence electrons. The topological polar surface area (TPSA) is 65.5 Å². The fourth-order valence-corrected chi connectivity index (χ4v) is 5.82. The van der Waals surface area contributed by atoms with E-state index in [-0.39, 0.29) is 27.3 Å². The molecule has 0 N–H and O–H groups in total. The smallest absolute Gasteiger partial charge is 0.189 e. The van der Waals surface area contributed by atoms with E-state index in [1.165, 1.54) is 36.5 Å². The predicted octanol–water partition coefficient (Wildman–Crippen LogP) is 6.01. The van der Waals surface area contributed by atoms with E-state index < -0.39 is 26.7 Å². The molecule has 2 heterocycles. The minimum atomic E-state index is -4.28. The van der Waals surface area contributed by atoms with Crippen LogP contribution in [0, 0.1) is 11.6 Å². The third-order valence-corrected chi connectivity index (χ3v) is 7.82. The first-order valence-corrected chi connectivity index (χ1v) is 12.6. The Morgan fingerprint density at radius 3 is 2.44 bits per heavy atom. The van der Waals surface area contributed by atoms with Gasteiger partial charge in [-0.15, -0.1) is 0 Å². The van der Waals surface area contributed by atoms with E-state index >= 15 is 0 Å². The molecule has 5 nitrogen and oxygen atoms in total. The van der Waals surface area contributed by atoms with Gasteiger partial charge in [0, 0.05) is 23.2 Å². The van der Waals surface area contributed by atoms with Gasteiger partial charge >= 0.3 is 0 Å². The van der Waals surface area contributed by atoms with E-state index in [4.69, 9.17) is 32.7 Å². The molecular formula is C24H19Cl2F2NO4S. The number of benzene rings is 2. The summed E-state index contributed by atoms with van der Waals surface area (Å²) >= 11 is 12.3. The molecule has 0 aliphatic carbocycles. The Balaban J connectivity index is 1.81. The van der Waals surface area contributed by atoms with E-state index in [1.807, 2.05) is 0 Å². The molecule has 34 heavy (non-hydrogen) atoms. The second-order valence-corrected chi connectivity index (χ2v) is 10.4. The first kappa shape index (κ1) is 24.8. The number of sulfone groups is 1. The van der Waals surface area contributed by atoms with E-state index in [0.29, 0.717) is 30.4 Å². The van der Waals surface area contributed by atoms with Gasteiger partial charge in [0.2, 0.25) is 0 Å². The number of aromatic nitrogens is 1. The maximum Gasteiger partial charge on any atom is 0.189 e. The van der Waals surface area contributed by atoms with Crippen LogP contribution in [-0.2, 0) is 19.3 Å². The Kier molecular flexibility index (Phi) is 7.64. The zero-order valence-corrected chi connectivity index (χ0v) is 20.0. The number of nitrogens with zero attached hydrogens (tertiary/aromatic N) is 1. The molecule has 4 rings (SSSR count). The standard InChI is InChI=1S/C24H19Cl2F2NO4S/c25-15-4-7-18(8-5-15)34(30,31)24(20-12-16(27)6-9-22(20)28)19-13-17(29-14-21(19)26)2-1-3-23-32-10-11-33-23/h1-2,4-9,12-14,23-24H,3,10-11H2. The first-order valence-electron chi connectivity index (χ1n) is 10.3. The van der Waals surface area contributed by atoms with E-state index in [2.05, 4.69) is 4.98 Å². The minimum Gasteiger partial charge on any atom is -0.350 e. The Morgan fingerprint density at radius 2 is 1.74 bits per heavy atom. The lowest BCUT2D eigenvalue weighted by atomic mass is 10.0. The van der Waals surface area contributed by atoms with E-state index in [9.17, 15) is 17.2 Å². The number of rotatable bonds is 7. The molecule has 0 saturated carbocycles. The maximum atomic E-state index is 14.9. The monoisotopic (exact) mass is 525 g/mol. The molecule has 1 saturated heterocycles. The van der Waals surface area contributed by atoms with Crippen LogP contribution in [0.2, 0.25) is 10.0 Å². The summed E-state index contributed by atoms with van der Waals surface area (Å²) in [5, 5.41) is -1.31. The summed E-state index contributed by atoms with van der Waals surface area (Å²) in [5.74, 6) is -1.67. The zero-order chi connectivity index (χ0) is 24.3. The van der Waals surface area contributed by atoms with Crippen LogP contribution in [0.3, 0.4) is 0 Å². The number of pyridine rings is 1. The molecule has 0 bridgehead atoms. The van der Waals surface area contributed by atoms with Gasteiger partial charge in [-0.1, -0.05) is 29.3 Å². The molecule has 1 aliphatic heterocycles. The molecule has 0 amide bonds. The van der Waals surface area contributed by atoms with Gasteiger partial charge in [0.15, 0.2) is 16.1 Å². The summed E-state index contributed by atoms with van der Waals surface area (Å²) in [7, 11) is -4.28. The van der Waals surface area contributed by atoms with Crippen LogP contribution >= 0.6 is 23.2 Å². The summed E-state index contributed by atoms with van der Waals surface area (Å²) in [6.07, 6.45) is 4.80. The van der Waals surface area contributed by atoms with Crippen molar-refractivity contribution in [3.05, 3.63) is 99.3 Å². The third-order valence-electron chi connectivity index (χ3n) is 5.19. The quantitative estimate of drug-likeness (QED) is 0.378. The Hall–Kier alpha value is -2.36. The lowest BCUT2D eigenvalue weighted by molar-refractivity contribution is -0.0379. The van der Waals surface area contributed by atoms with Crippen molar-refractivity contribution in [2.45, 2.75) is 22.9 Å². The summed E-state index contributed by atoms with van der Waals surface area (Å²) in [4.78, 5) is 4.09. The van der Waals surface area contributed by atoms with Crippen molar-refractivity contribution in [3.8, 4) is 0 Å². The molecule has 1 aliphatic rings. The summed E-state index contributed by atoms with van der Waals surface area (Å²) in [5.41, 5.74) is 0.0698. The van der Waals surface area contributed by atoms with Gasteiger partial charge in [-0.05, 0) is 60.2 Å². The summed E-state index contributed by atoms with van der Waals surface area (Å²) < 4.78 is 67.1. The zero-order valence-electron chi connectivity index (χ0n) is 17.6. The van der Waals surface area contributed by atoms with Crippen molar-refractivity contribution in [2.75, 3.05) is 13.2 Å². The van der Waals surface area contributed by atoms with Gasteiger partial charge < -0.3 is 9.47 Å². The Labute approximate surface area is 205 Å². The average molecular weight is 526 g/mol. The van der Waals surface area contributed by atoms with Crippen LogP contribution in [0.15, 0.2) is 65.7 Å². The van der Waals surface area contributed by atoms with Crippen molar-refractivity contribution in [3.63, 3.8) is 0 Å². The first-order chi connectivity index (χ1) is 16.3. The molecule has 10 heteroatoms. The number of hydrogen-bond acceptors (Lipinski definition) is 5. The fraction of sp³-hybridized carbons (Fsp3) is 0.208. The molecular weight excluding hydrogens is 507 g/mol. The normalized spacial score (nSPS) is 15.8. The van der Waals surface area contributed by atoms with Crippen LogP contribution in [0.5, 0.6) is 0 Å². The highest BCUT2D eigenvalue weighted by atomic mass is 35.5. The van der Waals surface area contributed by atoms with Crippen LogP contribution in [0.25, 0.3) is 6.08 Å². The molecule has 1 atom stereocenters. The van der Waals surface area contributed by atoms with Gasteiger partial charge in [0.25, 0.3) is 0 Å². The molecule has 1 unspecified atom stereocenters. The largest absolute Gasteiger partial charge is 0.350 e. The van der Waals surface area contributed by atoms with E-state index in [1.54, 1.807) is 12.2 Å². The SMILES string of the molecule is O=S(=O)(c1ccc(Cl)cc1)C(c1cc(F)ccc1F)c1cc(C=CCC2OCCO2)ncc1Cl. The predicted molar refractivity (Wildman–Crippen MR) is 125 cm³/mol. The van der Waals surface area contributed by atoms with Crippen molar-refractivity contribution in [1.29, 1.82) is 0 Å². The number of hydrogen-bond donors (Lipinski definition) is 0. The van der Waals surface area contributed by atoms with Gasteiger partial charge in [0.1, 0.15) is 16.9 Å². The molecule has 1 aromatic heterocycles. The third kappa shape index (κ3) is 5.47. The number of halogens is 4. The molecule has 2 aromatic carbocycles. The minimum absolute atomic E-state index is 0.00851. The van der Waals surface area contributed by atoms with Crippen LogP contribution in [-0.4, -0.2) is 32.9 Å². The summed E-state index contributed by atoms with van der Waals surface area (Å²) in [6.45, 7) is 1.04. The Morgan fingerprint density at radius 1 is 1.03 bits per heavy atom. The Bertz CT molecular complexity index is 1310. The second kappa shape index (κ2) is 10.5. The molecule has 0 spiro atoms. The molecule has 3 aromatic rings. The second-order valence-electron chi connectivity index (χ2n) is 7.48. The van der Waals surface area contributed by atoms with Gasteiger partial charge in [-0.25, -0.2) is 17.2 Å².